The highest BCUT2D eigenvalue weighted by molar-refractivity contribution is 5.22. The van der Waals surface area contributed by atoms with E-state index >= 15 is 0 Å². The number of aryl methyl sites for hydroxylation is 1. The molecule has 0 aromatic heterocycles. The molecular formula is C14H21N. The molecule has 1 aliphatic rings. The topological polar surface area (TPSA) is 3.24 Å². The van der Waals surface area contributed by atoms with Gasteiger partial charge in [-0.1, -0.05) is 29.8 Å². The van der Waals surface area contributed by atoms with Crippen LogP contribution in [-0.2, 0) is 6.54 Å². The van der Waals surface area contributed by atoms with Crippen molar-refractivity contribution in [2.24, 2.45) is 5.92 Å². The van der Waals surface area contributed by atoms with Gasteiger partial charge in [0, 0.05) is 12.6 Å². The minimum Gasteiger partial charge on any atom is -0.299 e. The van der Waals surface area contributed by atoms with Gasteiger partial charge in [-0.2, -0.15) is 0 Å². The molecule has 2 rings (SSSR count). The molecule has 0 spiro atoms. The van der Waals surface area contributed by atoms with Crippen LogP contribution in [0.5, 0.6) is 0 Å². The summed E-state index contributed by atoms with van der Waals surface area (Å²) < 4.78 is 0. The fourth-order valence-electron chi connectivity index (χ4n) is 2.18. The lowest BCUT2D eigenvalue weighted by Gasteiger charge is -2.24. The van der Waals surface area contributed by atoms with Crippen molar-refractivity contribution in [2.75, 3.05) is 7.05 Å². The fraction of sp³-hybridized carbons (Fsp3) is 0.571. The standard InChI is InChI=1S/C14H21N/c1-11-5-4-6-13(9-11)10-15(3)12(2)14-7-8-14/h4-6,9,12,14H,7-8,10H2,1-3H3. The van der Waals surface area contributed by atoms with E-state index in [1.54, 1.807) is 0 Å². The number of hydrogen-bond acceptors (Lipinski definition) is 1. The lowest BCUT2D eigenvalue weighted by atomic mass is 10.1. The van der Waals surface area contributed by atoms with Crippen molar-refractivity contribution in [3.63, 3.8) is 0 Å². The van der Waals surface area contributed by atoms with Crippen LogP contribution in [0.25, 0.3) is 0 Å². The summed E-state index contributed by atoms with van der Waals surface area (Å²) in [6.07, 6.45) is 2.86. The van der Waals surface area contributed by atoms with E-state index in [1.165, 1.54) is 24.0 Å². The zero-order chi connectivity index (χ0) is 10.8. The molecule has 1 heteroatoms. The molecule has 1 aromatic carbocycles. The Kier molecular flexibility index (Phi) is 3.11. The Morgan fingerprint density at radius 3 is 2.73 bits per heavy atom. The van der Waals surface area contributed by atoms with Crippen LogP contribution in [0.15, 0.2) is 24.3 Å². The first-order chi connectivity index (χ1) is 7.16. The van der Waals surface area contributed by atoms with Crippen molar-refractivity contribution in [2.45, 2.75) is 39.3 Å². The van der Waals surface area contributed by atoms with Crippen LogP contribution in [0.1, 0.15) is 30.9 Å². The Morgan fingerprint density at radius 1 is 1.40 bits per heavy atom. The largest absolute Gasteiger partial charge is 0.299 e. The summed E-state index contributed by atoms with van der Waals surface area (Å²) in [7, 11) is 2.24. The monoisotopic (exact) mass is 203 g/mol. The summed E-state index contributed by atoms with van der Waals surface area (Å²) in [4.78, 5) is 2.48. The van der Waals surface area contributed by atoms with Crippen molar-refractivity contribution >= 4 is 0 Å². The second kappa shape index (κ2) is 4.36. The molecule has 1 atom stereocenters. The SMILES string of the molecule is Cc1cccc(CN(C)C(C)C2CC2)c1. The minimum absolute atomic E-state index is 0.741. The Hall–Kier alpha value is -0.820. The molecule has 1 aliphatic carbocycles. The summed E-state index contributed by atoms with van der Waals surface area (Å²) >= 11 is 0. The Morgan fingerprint density at radius 2 is 2.13 bits per heavy atom. The fourth-order valence-corrected chi connectivity index (χ4v) is 2.18. The van der Waals surface area contributed by atoms with E-state index in [0.29, 0.717) is 0 Å². The van der Waals surface area contributed by atoms with Gasteiger partial charge in [-0.05, 0) is 45.2 Å². The predicted octanol–water partition coefficient (Wildman–Crippen LogP) is 3.23. The summed E-state index contributed by atoms with van der Waals surface area (Å²) in [5.41, 5.74) is 2.80. The van der Waals surface area contributed by atoms with Crippen LogP contribution in [0.2, 0.25) is 0 Å². The van der Waals surface area contributed by atoms with Crippen LogP contribution in [-0.4, -0.2) is 18.0 Å². The molecule has 1 fully saturated rings. The van der Waals surface area contributed by atoms with Crippen molar-refractivity contribution in [1.29, 1.82) is 0 Å². The average molecular weight is 203 g/mol. The smallest absolute Gasteiger partial charge is 0.0233 e. The van der Waals surface area contributed by atoms with Crippen LogP contribution >= 0.6 is 0 Å². The molecule has 1 saturated carbocycles. The molecular weight excluding hydrogens is 182 g/mol. The zero-order valence-corrected chi connectivity index (χ0v) is 10.0. The van der Waals surface area contributed by atoms with Gasteiger partial charge in [0.25, 0.3) is 0 Å². The number of rotatable bonds is 4. The molecule has 0 amide bonds. The Balaban J connectivity index is 1.95. The molecule has 15 heavy (non-hydrogen) atoms. The van der Waals surface area contributed by atoms with Gasteiger partial charge in [-0.15, -0.1) is 0 Å². The van der Waals surface area contributed by atoms with Crippen LogP contribution in [0.4, 0.5) is 0 Å². The summed E-state index contributed by atoms with van der Waals surface area (Å²) in [5, 5.41) is 0. The van der Waals surface area contributed by atoms with Crippen LogP contribution in [0, 0.1) is 12.8 Å². The van der Waals surface area contributed by atoms with Crippen molar-refractivity contribution in [3.8, 4) is 0 Å². The summed E-state index contributed by atoms with van der Waals surface area (Å²) in [6.45, 7) is 5.60. The first kappa shape index (κ1) is 10.7. The molecule has 1 unspecified atom stereocenters. The molecule has 0 radical (unpaired) electrons. The van der Waals surface area contributed by atoms with E-state index in [2.05, 4.69) is 50.1 Å². The zero-order valence-electron chi connectivity index (χ0n) is 10.0. The van der Waals surface area contributed by atoms with E-state index in [9.17, 15) is 0 Å². The molecule has 0 saturated heterocycles. The second-order valence-electron chi connectivity index (χ2n) is 4.98. The summed E-state index contributed by atoms with van der Waals surface area (Å²) in [6, 6.07) is 9.57. The molecule has 1 nitrogen and oxygen atoms in total. The first-order valence-electron chi connectivity index (χ1n) is 5.92. The number of benzene rings is 1. The average Bonchev–Trinajstić information content (AvgIpc) is 2.99. The molecule has 82 valence electrons. The molecule has 1 aromatic rings. The van der Waals surface area contributed by atoms with E-state index in [4.69, 9.17) is 0 Å². The lowest BCUT2D eigenvalue weighted by Crippen LogP contribution is -2.30. The molecule has 0 heterocycles. The lowest BCUT2D eigenvalue weighted by molar-refractivity contribution is 0.226. The predicted molar refractivity (Wildman–Crippen MR) is 64.8 cm³/mol. The number of nitrogens with zero attached hydrogens (tertiary/aromatic N) is 1. The van der Waals surface area contributed by atoms with Crippen molar-refractivity contribution < 1.29 is 0 Å². The van der Waals surface area contributed by atoms with Gasteiger partial charge >= 0.3 is 0 Å². The van der Waals surface area contributed by atoms with Crippen molar-refractivity contribution in [3.05, 3.63) is 35.4 Å². The van der Waals surface area contributed by atoms with E-state index < -0.39 is 0 Å². The van der Waals surface area contributed by atoms with Gasteiger partial charge in [-0.25, -0.2) is 0 Å². The molecule has 0 aliphatic heterocycles. The highest BCUT2D eigenvalue weighted by Gasteiger charge is 2.30. The highest BCUT2D eigenvalue weighted by Crippen LogP contribution is 2.35. The van der Waals surface area contributed by atoms with Crippen LogP contribution < -0.4 is 0 Å². The van der Waals surface area contributed by atoms with Crippen LogP contribution in [0.3, 0.4) is 0 Å². The Labute approximate surface area is 93.1 Å². The molecule has 0 bridgehead atoms. The van der Waals surface area contributed by atoms with E-state index in [1.807, 2.05) is 0 Å². The van der Waals surface area contributed by atoms with Gasteiger partial charge in [0.2, 0.25) is 0 Å². The van der Waals surface area contributed by atoms with Crippen molar-refractivity contribution in [1.82, 2.24) is 4.90 Å². The quantitative estimate of drug-likeness (QED) is 0.726. The Bertz CT molecular complexity index is 328. The van der Waals surface area contributed by atoms with Gasteiger partial charge in [-0.3, -0.25) is 4.90 Å². The summed E-state index contributed by atoms with van der Waals surface area (Å²) in [5.74, 6) is 0.958. The van der Waals surface area contributed by atoms with E-state index in [0.717, 1.165) is 18.5 Å². The first-order valence-corrected chi connectivity index (χ1v) is 5.92. The van der Waals surface area contributed by atoms with E-state index in [-0.39, 0.29) is 0 Å². The highest BCUT2D eigenvalue weighted by atomic mass is 15.1. The third-order valence-corrected chi connectivity index (χ3v) is 3.51. The second-order valence-corrected chi connectivity index (χ2v) is 4.98. The van der Waals surface area contributed by atoms with Gasteiger partial charge in [0.05, 0.1) is 0 Å². The number of hydrogen-bond donors (Lipinski definition) is 0. The van der Waals surface area contributed by atoms with Gasteiger partial charge in [0.1, 0.15) is 0 Å². The third kappa shape index (κ3) is 2.82. The third-order valence-electron chi connectivity index (χ3n) is 3.51. The maximum absolute atomic E-state index is 2.48. The maximum Gasteiger partial charge on any atom is 0.0233 e. The maximum atomic E-state index is 2.48. The molecule has 0 N–H and O–H groups in total. The normalized spacial score (nSPS) is 18.1. The minimum atomic E-state index is 0.741. The van der Waals surface area contributed by atoms with Gasteiger partial charge in [0.15, 0.2) is 0 Å². The van der Waals surface area contributed by atoms with Gasteiger partial charge < -0.3 is 0 Å².